The zero-order chi connectivity index (χ0) is 21.9. The Hall–Kier alpha value is -3.19. The van der Waals surface area contributed by atoms with Gasteiger partial charge >= 0.3 is 0 Å². The van der Waals surface area contributed by atoms with Crippen molar-refractivity contribution >= 4 is 23.5 Å². The van der Waals surface area contributed by atoms with Gasteiger partial charge in [-0.1, -0.05) is 18.7 Å². The number of aromatic hydroxyl groups is 1. The summed E-state index contributed by atoms with van der Waals surface area (Å²) in [5.74, 6) is 0.731. The van der Waals surface area contributed by atoms with Crippen LogP contribution in [-0.4, -0.2) is 46.7 Å². The average Bonchev–Trinajstić information content (AvgIpc) is 3.41. The first-order valence-electron chi connectivity index (χ1n) is 10.2. The molecule has 1 aliphatic rings. The summed E-state index contributed by atoms with van der Waals surface area (Å²) in [6.07, 6.45) is 8.44. The number of H-pyrrole nitrogens is 1. The molecule has 0 saturated carbocycles. The zero-order valence-corrected chi connectivity index (χ0v) is 17.5. The van der Waals surface area contributed by atoms with Crippen LogP contribution in [0, 0.1) is 0 Å². The predicted molar refractivity (Wildman–Crippen MR) is 121 cm³/mol. The van der Waals surface area contributed by atoms with E-state index >= 15 is 0 Å². The number of anilines is 1. The Bertz CT molecular complexity index is 854. The van der Waals surface area contributed by atoms with Gasteiger partial charge in [0.15, 0.2) is 0 Å². The summed E-state index contributed by atoms with van der Waals surface area (Å²) < 4.78 is 5.50. The molecule has 7 heteroatoms. The van der Waals surface area contributed by atoms with Crippen LogP contribution in [0.3, 0.4) is 0 Å². The molecule has 7 nitrogen and oxygen atoms in total. The van der Waals surface area contributed by atoms with Crippen molar-refractivity contribution < 1.29 is 14.6 Å². The highest BCUT2D eigenvalue weighted by Crippen LogP contribution is 2.24. The molecule has 1 aliphatic heterocycles. The number of aromatic nitrogens is 1. The Morgan fingerprint density at radius 1 is 1.40 bits per heavy atom. The fourth-order valence-corrected chi connectivity index (χ4v) is 3.21. The molecule has 0 aliphatic carbocycles. The highest BCUT2D eigenvalue weighted by atomic mass is 16.5. The SMILES string of the molecule is C=CC(=O)N(CC)CC[C@H]1CCCO1.N/C(=C\c1cc[nH]c1N)c1ccccc1O. The lowest BCUT2D eigenvalue weighted by Gasteiger charge is -2.20. The molecule has 2 aromatic rings. The number of likely N-dealkylation sites (N-methyl/N-ethyl adjacent to an activating group) is 1. The number of rotatable bonds is 7. The molecule has 1 aromatic carbocycles. The minimum absolute atomic E-state index is 0.0190. The van der Waals surface area contributed by atoms with Gasteiger partial charge in [0.2, 0.25) is 5.91 Å². The van der Waals surface area contributed by atoms with Crippen LogP contribution >= 0.6 is 0 Å². The normalized spacial score (nSPS) is 15.9. The number of nitrogen functional groups attached to an aromatic ring is 1. The monoisotopic (exact) mass is 412 g/mol. The number of benzene rings is 1. The van der Waals surface area contributed by atoms with Crippen LogP contribution in [0.15, 0.2) is 49.2 Å². The first-order valence-corrected chi connectivity index (χ1v) is 10.2. The van der Waals surface area contributed by atoms with E-state index in [0.29, 0.717) is 23.2 Å². The Labute approximate surface area is 178 Å². The molecular formula is C23H32N4O3. The number of carbonyl (C=O) groups excluding carboxylic acids is 1. The molecule has 1 aromatic heterocycles. The number of aromatic amines is 1. The van der Waals surface area contributed by atoms with E-state index in [9.17, 15) is 9.90 Å². The van der Waals surface area contributed by atoms with Crippen molar-refractivity contribution in [1.29, 1.82) is 0 Å². The first-order chi connectivity index (χ1) is 14.5. The molecule has 0 radical (unpaired) electrons. The number of nitrogens with two attached hydrogens (primary N) is 2. The second kappa shape index (κ2) is 11.7. The molecule has 1 fully saturated rings. The van der Waals surface area contributed by atoms with Gasteiger partial charge in [-0.05, 0) is 56.5 Å². The standard InChI is InChI=1S/C12H13N3O.C11H19NO2/c13-10(7-8-5-6-15-12(8)14)9-3-1-2-4-11(9)16;1-3-11(13)12(4-2)8-7-10-6-5-9-14-10/h1-7,15-16H,13-14H2;3,10H,1,4-9H2,2H3/b10-7-;/t;10-/m.1/s1. The number of phenols is 1. The quantitative estimate of drug-likeness (QED) is 0.520. The van der Waals surface area contributed by atoms with Gasteiger partial charge in [0.1, 0.15) is 11.6 Å². The molecule has 0 spiro atoms. The van der Waals surface area contributed by atoms with Crippen molar-refractivity contribution in [2.75, 3.05) is 25.4 Å². The summed E-state index contributed by atoms with van der Waals surface area (Å²) in [5, 5.41) is 9.62. The molecule has 2 heterocycles. The van der Waals surface area contributed by atoms with Crippen LogP contribution in [0.1, 0.15) is 37.3 Å². The molecule has 162 valence electrons. The maximum absolute atomic E-state index is 11.3. The maximum atomic E-state index is 11.3. The summed E-state index contributed by atoms with van der Waals surface area (Å²) in [5.41, 5.74) is 13.5. The Morgan fingerprint density at radius 2 is 2.17 bits per heavy atom. The highest BCUT2D eigenvalue weighted by Gasteiger charge is 2.17. The second-order valence-electron chi connectivity index (χ2n) is 7.01. The Kier molecular flexibility index (Phi) is 9.03. The number of hydrogen-bond donors (Lipinski definition) is 4. The van der Waals surface area contributed by atoms with Gasteiger partial charge in [-0.15, -0.1) is 0 Å². The minimum Gasteiger partial charge on any atom is -0.507 e. The van der Waals surface area contributed by atoms with Crippen molar-refractivity contribution in [3.05, 3.63) is 60.3 Å². The molecule has 6 N–H and O–H groups in total. The lowest BCUT2D eigenvalue weighted by atomic mass is 10.1. The van der Waals surface area contributed by atoms with E-state index in [4.69, 9.17) is 16.2 Å². The highest BCUT2D eigenvalue weighted by molar-refractivity contribution is 5.87. The van der Waals surface area contributed by atoms with Gasteiger partial charge < -0.3 is 31.2 Å². The van der Waals surface area contributed by atoms with Gasteiger partial charge in [0, 0.05) is 42.7 Å². The van der Waals surface area contributed by atoms with Crippen molar-refractivity contribution in [1.82, 2.24) is 9.88 Å². The van der Waals surface area contributed by atoms with Gasteiger partial charge in [-0.2, -0.15) is 0 Å². The van der Waals surface area contributed by atoms with Crippen LogP contribution in [0.4, 0.5) is 5.82 Å². The summed E-state index contributed by atoms with van der Waals surface area (Å²) >= 11 is 0. The summed E-state index contributed by atoms with van der Waals surface area (Å²) in [7, 11) is 0. The first kappa shape index (κ1) is 23.1. The molecule has 3 rings (SSSR count). The number of nitrogens with one attached hydrogen (secondary N) is 1. The molecule has 30 heavy (non-hydrogen) atoms. The zero-order valence-electron chi connectivity index (χ0n) is 17.5. The Balaban J connectivity index is 0.000000216. The fourth-order valence-electron chi connectivity index (χ4n) is 3.21. The number of phenolic OH excluding ortho intramolecular Hbond substituents is 1. The van der Waals surface area contributed by atoms with Gasteiger partial charge in [-0.25, -0.2) is 0 Å². The number of nitrogens with zero attached hydrogens (tertiary/aromatic N) is 1. The third-order valence-corrected chi connectivity index (χ3v) is 4.95. The van der Waals surface area contributed by atoms with Crippen molar-refractivity contribution in [2.45, 2.75) is 32.3 Å². The van der Waals surface area contributed by atoms with Crippen molar-refractivity contribution in [3.63, 3.8) is 0 Å². The summed E-state index contributed by atoms with van der Waals surface area (Å²) in [4.78, 5) is 16.0. The number of carbonyl (C=O) groups is 1. The third kappa shape index (κ3) is 6.70. The lowest BCUT2D eigenvalue weighted by Crippen LogP contribution is -2.31. The molecule has 0 unspecified atom stereocenters. The molecule has 1 amide bonds. The fraction of sp³-hybridized carbons (Fsp3) is 0.348. The lowest BCUT2D eigenvalue weighted by molar-refractivity contribution is -0.126. The molecule has 1 saturated heterocycles. The van der Waals surface area contributed by atoms with E-state index in [1.807, 2.05) is 19.1 Å². The van der Waals surface area contributed by atoms with E-state index in [-0.39, 0.29) is 11.7 Å². The van der Waals surface area contributed by atoms with E-state index in [2.05, 4.69) is 11.6 Å². The van der Waals surface area contributed by atoms with E-state index in [1.54, 1.807) is 35.4 Å². The molecule has 1 atom stereocenters. The molecular weight excluding hydrogens is 380 g/mol. The topological polar surface area (TPSA) is 118 Å². The van der Waals surface area contributed by atoms with Gasteiger partial charge in [0.25, 0.3) is 0 Å². The van der Waals surface area contributed by atoms with Crippen LogP contribution in [-0.2, 0) is 9.53 Å². The van der Waals surface area contributed by atoms with E-state index < -0.39 is 0 Å². The Morgan fingerprint density at radius 3 is 2.73 bits per heavy atom. The van der Waals surface area contributed by atoms with Crippen LogP contribution in [0.5, 0.6) is 5.75 Å². The number of ether oxygens (including phenoxy) is 1. The second-order valence-corrected chi connectivity index (χ2v) is 7.01. The van der Waals surface area contributed by atoms with Gasteiger partial charge in [0.05, 0.1) is 6.10 Å². The van der Waals surface area contributed by atoms with Crippen molar-refractivity contribution in [2.24, 2.45) is 5.73 Å². The van der Waals surface area contributed by atoms with Crippen molar-refractivity contribution in [3.8, 4) is 5.75 Å². The number of para-hydroxylation sites is 1. The molecule has 0 bridgehead atoms. The number of hydrogen-bond acceptors (Lipinski definition) is 5. The third-order valence-electron chi connectivity index (χ3n) is 4.95. The summed E-state index contributed by atoms with van der Waals surface area (Å²) in [6.45, 7) is 7.88. The average molecular weight is 413 g/mol. The summed E-state index contributed by atoms with van der Waals surface area (Å²) in [6, 6.07) is 8.73. The maximum Gasteiger partial charge on any atom is 0.245 e. The smallest absolute Gasteiger partial charge is 0.245 e. The van der Waals surface area contributed by atoms with Crippen LogP contribution in [0.2, 0.25) is 0 Å². The van der Waals surface area contributed by atoms with Crippen LogP contribution in [0.25, 0.3) is 11.8 Å². The largest absolute Gasteiger partial charge is 0.507 e. The predicted octanol–water partition coefficient (Wildman–Crippen LogP) is 3.35. The van der Waals surface area contributed by atoms with E-state index in [0.717, 1.165) is 44.5 Å². The number of amides is 1. The van der Waals surface area contributed by atoms with E-state index in [1.165, 1.54) is 6.08 Å². The minimum atomic E-state index is 0.0190. The van der Waals surface area contributed by atoms with Crippen LogP contribution < -0.4 is 11.5 Å². The van der Waals surface area contributed by atoms with Gasteiger partial charge in [-0.3, -0.25) is 4.79 Å².